The van der Waals surface area contributed by atoms with Crippen molar-refractivity contribution in [2.45, 2.75) is 0 Å². The van der Waals surface area contributed by atoms with E-state index in [-0.39, 0.29) is 43.9 Å². The van der Waals surface area contributed by atoms with Crippen molar-refractivity contribution in [3.05, 3.63) is 113 Å². The molecule has 0 aliphatic carbocycles. The van der Waals surface area contributed by atoms with Crippen LogP contribution in [0.2, 0.25) is 0 Å². The van der Waals surface area contributed by atoms with E-state index >= 15 is 0 Å². The molecule has 0 bridgehead atoms. The van der Waals surface area contributed by atoms with Gasteiger partial charge < -0.3 is 0 Å². The van der Waals surface area contributed by atoms with Crippen LogP contribution in [0.4, 0.5) is 0 Å². The molecule has 7 rings (SSSR count). The molecule has 2 aromatic carbocycles. The van der Waals surface area contributed by atoms with Crippen molar-refractivity contribution < 1.29 is 0 Å². The van der Waals surface area contributed by atoms with E-state index in [1.807, 2.05) is 48.6 Å². The van der Waals surface area contributed by atoms with Crippen molar-refractivity contribution in [1.29, 1.82) is 89.5 Å². The Kier molecular flexibility index (Phi) is 10.6. The maximum Gasteiger partial charge on any atom is 0.333 e. The van der Waals surface area contributed by atoms with Crippen molar-refractivity contribution in [1.82, 2.24) is 0 Å². The summed E-state index contributed by atoms with van der Waals surface area (Å²) in [5, 5.41) is 176. The highest BCUT2D eigenvalue weighted by atomic mass is 14.4. The van der Waals surface area contributed by atoms with Crippen LogP contribution < -0.4 is 32.8 Å². The summed E-state index contributed by atoms with van der Waals surface area (Å²) >= 11 is 0. The first-order valence-electron chi connectivity index (χ1n) is 18.7. The van der Waals surface area contributed by atoms with Gasteiger partial charge in [0.1, 0.15) is 48.6 Å². The molecular weight excluding hydrogens is 833 g/mol. The number of allylic oxidation sites excluding steroid dienone is 16. The number of hydrogen-bond donors (Lipinski definition) is 0. The molecule has 0 amide bonds. The summed E-state index contributed by atoms with van der Waals surface area (Å²) in [7, 11) is 0. The molecule has 22 heteroatoms. The molecule has 0 saturated heterocycles. The molecule has 0 fully saturated rings. The fourth-order valence-electron chi connectivity index (χ4n) is 9.50. The predicted octanol–water partition coefficient (Wildman–Crippen LogP) is -0.736. The van der Waals surface area contributed by atoms with Crippen LogP contribution in [0.1, 0.15) is 0 Å². The van der Waals surface area contributed by atoms with Gasteiger partial charge in [-0.1, -0.05) is 57.0 Å². The molecule has 67 heavy (non-hydrogen) atoms. The number of benzene rings is 2. The van der Waals surface area contributed by atoms with E-state index in [9.17, 15) is 89.5 Å². The van der Waals surface area contributed by atoms with Crippen molar-refractivity contribution in [2.24, 2.45) is 0 Å². The van der Waals surface area contributed by atoms with Crippen molar-refractivity contribution >= 4 is 66.3 Å². The summed E-state index contributed by atoms with van der Waals surface area (Å²) < 4.78 is 0. The third kappa shape index (κ3) is 5.57. The van der Waals surface area contributed by atoms with Crippen molar-refractivity contribution in [3.63, 3.8) is 0 Å². The van der Waals surface area contributed by atoms with Gasteiger partial charge in [0, 0.05) is 49.7 Å². The summed E-state index contributed by atoms with van der Waals surface area (Å²) in [4.78, 5) is 0. The molecule has 0 atom stereocenters. The Morgan fingerprint density at radius 3 is 0.552 bits per heavy atom. The van der Waals surface area contributed by atoms with Gasteiger partial charge in [-0.2, -0.15) is 84.2 Å². The van der Waals surface area contributed by atoms with E-state index in [4.69, 9.17) is 0 Å². The van der Waals surface area contributed by atoms with Gasteiger partial charge in [0.25, 0.3) is 26.9 Å². The summed E-state index contributed by atoms with van der Waals surface area (Å²) in [6.45, 7) is -7.60. The van der Waals surface area contributed by atoms with Crippen LogP contribution in [0.15, 0.2) is 113 Å². The van der Waals surface area contributed by atoms with Gasteiger partial charge in [-0.25, -0.2) is 5.26 Å². The minimum atomic E-state index is -1.56. The maximum atomic E-state index is 11.0. The van der Waals surface area contributed by atoms with Crippen LogP contribution >= 0.6 is 0 Å². The molecule has 0 unspecified atom stereocenters. The van der Waals surface area contributed by atoms with Gasteiger partial charge in [-0.05, 0) is 11.1 Å². The van der Waals surface area contributed by atoms with Gasteiger partial charge in [0.15, 0.2) is 0 Å². The van der Waals surface area contributed by atoms with Gasteiger partial charge in [-0.3, -0.25) is 0 Å². The summed E-state index contributed by atoms with van der Waals surface area (Å²) in [5.74, 6) is 2.18. The van der Waals surface area contributed by atoms with Crippen molar-refractivity contribution in [3.8, 4) is 114 Å². The number of fused-ring (bicyclic) bond motifs is 3. The molecular formula is C45H4B5N17. The summed E-state index contributed by atoms with van der Waals surface area (Å²) in [5.41, 5.74) is -6.73. The molecule has 0 aromatic heterocycles. The van der Waals surface area contributed by atoms with Gasteiger partial charge in [-0.15, -0.1) is 0 Å². The minimum Gasteiger partial charge on any atom is -0.212 e. The van der Waals surface area contributed by atoms with Crippen LogP contribution in [0.5, 0.6) is 0 Å². The molecule has 5 heterocycles. The second-order valence-electron chi connectivity index (χ2n) is 14.5. The lowest BCUT2D eigenvalue weighted by Crippen LogP contribution is -2.54. The highest BCUT2D eigenvalue weighted by Crippen LogP contribution is 2.37. The minimum absolute atomic E-state index is 0.0876. The predicted molar refractivity (Wildman–Crippen MR) is 230 cm³/mol. The molecule has 0 radical (unpaired) electrons. The average Bonchev–Trinajstić information content (AvgIpc) is 4.13. The third-order valence-electron chi connectivity index (χ3n) is 12.1. The molecule has 5 aliphatic heterocycles. The van der Waals surface area contributed by atoms with Crippen LogP contribution in [-0.4, -0.2) is 33.6 Å². The lowest BCUT2D eigenvalue weighted by atomic mass is 9.28. The Hall–Kier alpha value is -12.0. The largest absolute Gasteiger partial charge is 0.333 e. The first-order chi connectivity index (χ1) is 32.6. The quantitative estimate of drug-likeness (QED) is 0.342. The Labute approximate surface area is 381 Å². The zero-order valence-electron chi connectivity index (χ0n) is 33.3. The van der Waals surface area contributed by atoms with Crippen LogP contribution in [0, 0.1) is 193 Å². The fourth-order valence-corrected chi connectivity index (χ4v) is 9.50. The number of rotatable bonds is 4. The normalized spacial score (nSPS) is 15.2. The van der Waals surface area contributed by atoms with Gasteiger partial charge >= 0.3 is 6.71 Å². The van der Waals surface area contributed by atoms with E-state index in [2.05, 4.69) is 5.97 Å². The fraction of sp³-hybridized carbons (Fsp3) is 0. The van der Waals surface area contributed by atoms with E-state index in [0.717, 1.165) is 0 Å². The van der Waals surface area contributed by atoms with Gasteiger partial charge in [0.05, 0.1) is 93.1 Å². The van der Waals surface area contributed by atoms with Crippen LogP contribution in [0.3, 0.4) is 0 Å². The zero-order chi connectivity index (χ0) is 48.6. The monoisotopic (exact) mass is 837 g/mol. The van der Waals surface area contributed by atoms with E-state index in [0.29, 0.717) is 0 Å². The lowest BCUT2D eigenvalue weighted by molar-refractivity contribution is 1.42. The number of hydrogen-bond acceptors (Lipinski definition) is 17. The van der Waals surface area contributed by atoms with E-state index in [1.165, 1.54) is 24.3 Å². The molecule has 0 spiro atoms. The van der Waals surface area contributed by atoms with Crippen LogP contribution in [-0.2, 0) is 0 Å². The molecule has 284 valence electrons. The molecule has 0 saturated carbocycles. The summed E-state index contributed by atoms with van der Waals surface area (Å²) in [6, 6.07) is 34.8. The highest BCUT2D eigenvalue weighted by molar-refractivity contribution is 7.02. The molecule has 17 nitrogen and oxygen atoms in total. The second-order valence-corrected chi connectivity index (χ2v) is 14.5. The smallest absolute Gasteiger partial charge is 0.212 e. The Balaban J connectivity index is 1.71. The van der Waals surface area contributed by atoms with Crippen molar-refractivity contribution in [2.75, 3.05) is 0 Å². The topological polar surface area (TPSA) is 404 Å². The van der Waals surface area contributed by atoms with E-state index < -0.39 is 122 Å². The Morgan fingerprint density at radius 2 is 0.403 bits per heavy atom. The molecule has 2 aromatic rings. The molecule has 5 aliphatic rings. The second kappa shape index (κ2) is 16.5. The highest BCUT2D eigenvalue weighted by Gasteiger charge is 2.50. The van der Waals surface area contributed by atoms with Gasteiger partial charge in [0.2, 0.25) is 0 Å². The SMILES string of the molecule is N#CB1c2cc(B3C(C#N)=C(C#N)C(C#N)=C3C#N)c(B3C(C#N)=C(C#N)C(C#N)=C3C#N)cc2-c2cc(B3C(C#N)=C(C#N)C(C#N)=C3C#N)c(B3C(C#N)=C(C#N)C(C#N)=C3C#N)cc21. The summed E-state index contributed by atoms with van der Waals surface area (Å²) in [6.07, 6.45) is 0. The average molecular weight is 837 g/mol. The Morgan fingerprint density at radius 1 is 0.224 bits per heavy atom. The van der Waals surface area contributed by atoms with Crippen LogP contribution in [0.25, 0.3) is 11.1 Å². The molecule has 0 N–H and O–H groups in total. The maximum absolute atomic E-state index is 11.0. The number of nitrogens with zero attached hydrogens (tertiary/aromatic N) is 17. The Bertz CT molecular complexity index is 3550. The zero-order valence-corrected chi connectivity index (χ0v) is 33.3. The third-order valence-corrected chi connectivity index (χ3v) is 12.1. The lowest BCUT2D eigenvalue weighted by Gasteiger charge is -2.22. The van der Waals surface area contributed by atoms with E-state index in [1.54, 1.807) is 48.6 Å². The number of nitriles is 17. The standard InChI is InChI=1S/C45H4B5N17/c51-5-24-25(6-52)39(14-60)47(38(24)13-59)34-1-22-23-2-35(48-40(15-61)26(7-53)27(8-54)41(48)16-62)37(50-44(19-65)30(11-57)31(12-58)45(50)20-66)4-33(23)46(21-67)32(22)3-36(34)49-42(17-63)28(9-55)29(10-56)43(49)18-64/h1-4H. The first kappa shape index (κ1) is 43.1. The first-order valence-corrected chi connectivity index (χ1v) is 18.7.